The van der Waals surface area contributed by atoms with Gasteiger partial charge in [0.15, 0.2) is 0 Å². The molecular formula is C17H32O7. The van der Waals surface area contributed by atoms with Gasteiger partial charge in [-0.25, -0.2) is 0 Å². The average molecular weight is 348 g/mol. The van der Waals surface area contributed by atoms with Gasteiger partial charge in [-0.1, -0.05) is 5.92 Å². The molecule has 0 saturated heterocycles. The van der Waals surface area contributed by atoms with Gasteiger partial charge >= 0.3 is 0 Å². The fourth-order valence-corrected chi connectivity index (χ4v) is 1.49. The summed E-state index contributed by atoms with van der Waals surface area (Å²) in [6.45, 7) is 9.64. The van der Waals surface area contributed by atoms with Crippen LogP contribution in [0.3, 0.4) is 0 Å². The fraction of sp³-hybridized carbons (Fsp3) is 0.882. The fourth-order valence-electron chi connectivity index (χ4n) is 1.49. The van der Waals surface area contributed by atoms with Gasteiger partial charge in [-0.2, -0.15) is 0 Å². The number of hydrogen-bond acceptors (Lipinski definition) is 7. The van der Waals surface area contributed by atoms with E-state index in [-0.39, 0.29) is 0 Å². The summed E-state index contributed by atoms with van der Waals surface area (Å²) in [6.07, 6.45) is 5.04. The van der Waals surface area contributed by atoms with E-state index in [0.717, 1.165) is 6.61 Å². The number of terminal acetylenes is 1. The van der Waals surface area contributed by atoms with Gasteiger partial charge < -0.3 is 33.2 Å². The Morgan fingerprint density at radius 2 is 0.792 bits per heavy atom. The maximum absolute atomic E-state index is 5.37. The highest BCUT2D eigenvalue weighted by molar-refractivity contribution is 4.82. The van der Waals surface area contributed by atoms with Crippen molar-refractivity contribution in [2.24, 2.45) is 0 Å². The molecule has 7 heteroatoms. The van der Waals surface area contributed by atoms with E-state index >= 15 is 0 Å². The van der Waals surface area contributed by atoms with Crippen molar-refractivity contribution >= 4 is 0 Å². The molecule has 0 saturated carbocycles. The maximum Gasteiger partial charge on any atom is 0.107 e. The summed E-state index contributed by atoms with van der Waals surface area (Å²) >= 11 is 0. The average Bonchev–Trinajstić information content (AvgIpc) is 2.60. The van der Waals surface area contributed by atoms with Gasteiger partial charge in [-0.05, 0) is 6.92 Å². The molecule has 0 aromatic carbocycles. The number of ether oxygens (including phenoxy) is 7. The van der Waals surface area contributed by atoms with E-state index in [1.165, 1.54) is 0 Å². The zero-order valence-electron chi connectivity index (χ0n) is 14.8. The lowest BCUT2D eigenvalue weighted by molar-refractivity contribution is -0.0192. The SMILES string of the molecule is C#CCOCCOCCOCCOCCOCCOCCOCC. The summed E-state index contributed by atoms with van der Waals surface area (Å²) in [7, 11) is 0. The number of hydrogen-bond donors (Lipinski definition) is 0. The van der Waals surface area contributed by atoms with Crippen LogP contribution in [0.4, 0.5) is 0 Å². The van der Waals surface area contributed by atoms with Crippen LogP contribution in [-0.4, -0.2) is 92.5 Å². The predicted molar refractivity (Wildman–Crippen MR) is 90.2 cm³/mol. The van der Waals surface area contributed by atoms with E-state index in [2.05, 4.69) is 5.92 Å². The van der Waals surface area contributed by atoms with E-state index in [1.807, 2.05) is 6.92 Å². The lowest BCUT2D eigenvalue weighted by Gasteiger charge is -2.08. The summed E-state index contributed by atoms with van der Waals surface area (Å²) in [5, 5.41) is 0. The lowest BCUT2D eigenvalue weighted by atomic mass is 10.6. The highest BCUT2D eigenvalue weighted by Crippen LogP contribution is 1.84. The molecule has 0 bridgehead atoms. The molecule has 0 fully saturated rings. The molecule has 0 rings (SSSR count). The summed E-state index contributed by atoms with van der Waals surface area (Å²) in [5.41, 5.74) is 0. The molecule has 0 amide bonds. The van der Waals surface area contributed by atoms with Crippen LogP contribution in [0.5, 0.6) is 0 Å². The Balaban J connectivity index is 2.94. The Bertz CT molecular complexity index is 268. The van der Waals surface area contributed by atoms with Gasteiger partial charge in [0, 0.05) is 6.61 Å². The third kappa shape index (κ3) is 21.3. The summed E-state index contributed by atoms with van der Waals surface area (Å²) < 4.78 is 36.9. The molecule has 7 nitrogen and oxygen atoms in total. The molecule has 24 heavy (non-hydrogen) atoms. The zero-order valence-corrected chi connectivity index (χ0v) is 14.8. The van der Waals surface area contributed by atoms with Crippen LogP contribution >= 0.6 is 0 Å². The summed E-state index contributed by atoms with van der Waals surface area (Å²) in [5.74, 6) is 2.39. The van der Waals surface area contributed by atoms with Gasteiger partial charge in [-0.3, -0.25) is 0 Å². The van der Waals surface area contributed by atoms with Crippen molar-refractivity contribution in [3.05, 3.63) is 0 Å². The highest BCUT2D eigenvalue weighted by Gasteiger charge is 1.94. The van der Waals surface area contributed by atoms with Gasteiger partial charge in [-0.15, -0.1) is 6.42 Å². The molecule has 0 atom stereocenters. The topological polar surface area (TPSA) is 64.6 Å². The van der Waals surface area contributed by atoms with Crippen LogP contribution in [0.1, 0.15) is 6.92 Å². The predicted octanol–water partition coefficient (Wildman–Crippen LogP) is 0.756. The van der Waals surface area contributed by atoms with Crippen LogP contribution in [0.15, 0.2) is 0 Å². The van der Waals surface area contributed by atoms with E-state index in [9.17, 15) is 0 Å². The number of rotatable bonds is 20. The normalized spacial score (nSPS) is 10.8. The largest absolute Gasteiger partial charge is 0.379 e. The highest BCUT2D eigenvalue weighted by atomic mass is 16.6. The molecule has 0 unspecified atom stereocenters. The van der Waals surface area contributed by atoms with Crippen LogP contribution in [0.25, 0.3) is 0 Å². The van der Waals surface area contributed by atoms with E-state index < -0.39 is 0 Å². The third-order valence-corrected chi connectivity index (χ3v) is 2.62. The molecule has 142 valence electrons. The van der Waals surface area contributed by atoms with Crippen molar-refractivity contribution in [1.82, 2.24) is 0 Å². The molecule has 0 N–H and O–H groups in total. The van der Waals surface area contributed by atoms with E-state index in [1.54, 1.807) is 0 Å². The monoisotopic (exact) mass is 348 g/mol. The maximum atomic E-state index is 5.37. The Kier molecular flexibility index (Phi) is 21.6. The standard InChI is InChI=1S/C17H32O7/c1-3-5-19-8-9-21-12-13-23-16-17-24-15-14-22-11-10-20-7-6-18-4-2/h1H,4-17H2,2H3. The van der Waals surface area contributed by atoms with E-state index in [4.69, 9.17) is 39.6 Å². The Labute approximate surface area is 145 Å². The minimum atomic E-state index is 0.321. The first kappa shape index (κ1) is 23.3. The second-order valence-electron chi connectivity index (χ2n) is 4.52. The Hall–Kier alpha value is -0.720. The second-order valence-corrected chi connectivity index (χ2v) is 4.52. The van der Waals surface area contributed by atoms with Crippen molar-refractivity contribution in [1.29, 1.82) is 0 Å². The van der Waals surface area contributed by atoms with Crippen LogP contribution in [-0.2, 0) is 33.2 Å². The summed E-state index contributed by atoms with van der Waals surface area (Å²) in [6, 6.07) is 0. The first-order valence-corrected chi connectivity index (χ1v) is 8.39. The van der Waals surface area contributed by atoms with Gasteiger partial charge in [0.1, 0.15) is 6.61 Å². The quantitative estimate of drug-likeness (QED) is 0.238. The summed E-state index contributed by atoms with van der Waals surface area (Å²) in [4.78, 5) is 0. The first-order chi connectivity index (χ1) is 11.9. The molecule has 0 aliphatic heterocycles. The molecule has 0 radical (unpaired) electrons. The first-order valence-electron chi connectivity index (χ1n) is 8.39. The molecule has 0 aromatic rings. The Morgan fingerprint density at radius 3 is 1.08 bits per heavy atom. The second kappa shape index (κ2) is 22.3. The molecule has 0 heterocycles. The van der Waals surface area contributed by atoms with Crippen LogP contribution < -0.4 is 0 Å². The van der Waals surface area contributed by atoms with Crippen LogP contribution in [0, 0.1) is 12.3 Å². The molecular weight excluding hydrogens is 316 g/mol. The zero-order chi connectivity index (χ0) is 17.6. The lowest BCUT2D eigenvalue weighted by Crippen LogP contribution is -2.14. The van der Waals surface area contributed by atoms with E-state index in [0.29, 0.717) is 85.9 Å². The van der Waals surface area contributed by atoms with Gasteiger partial charge in [0.25, 0.3) is 0 Å². The molecule has 0 spiro atoms. The van der Waals surface area contributed by atoms with Crippen molar-refractivity contribution in [3.8, 4) is 12.3 Å². The molecule has 0 aromatic heterocycles. The molecule has 0 aliphatic rings. The van der Waals surface area contributed by atoms with Gasteiger partial charge in [0.2, 0.25) is 0 Å². The van der Waals surface area contributed by atoms with Crippen LogP contribution in [0.2, 0.25) is 0 Å². The molecule has 0 aliphatic carbocycles. The smallest absolute Gasteiger partial charge is 0.107 e. The van der Waals surface area contributed by atoms with Crippen molar-refractivity contribution in [2.45, 2.75) is 6.92 Å². The van der Waals surface area contributed by atoms with Crippen molar-refractivity contribution in [2.75, 3.05) is 92.5 Å². The van der Waals surface area contributed by atoms with Crippen molar-refractivity contribution in [3.63, 3.8) is 0 Å². The van der Waals surface area contributed by atoms with Gasteiger partial charge in [0.05, 0.1) is 79.3 Å². The third-order valence-electron chi connectivity index (χ3n) is 2.62. The van der Waals surface area contributed by atoms with Crippen molar-refractivity contribution < 1.29 is 33.2 Å². The Morgan fingerprint density at radius 1 is 0.500 bits per heavy atom. The minimum absolute atomic E-state index is 0.321. The minimum Gasteiger partial charge on any atom is -0.379 e.